The number of amides is 3. The second-order valence-electron chi connectivity index (χ2n) is 5.13. The largest absolute Gasteiger partial charge is 0.328 e. The van der Waals surface area contributed by atoms with E-state index in [1.54, 1.807) is 11.1 Å². The Morgan fingerprint density at radius 1 is 1.09 bits per heavy atom. The van der Waals surface area contributed by atoms with E-state index in [-0.39, 0.29) is 18.5 Å². The molecule has 0 unspecified atom stereocenters. The van der Waals surface area contributed by atoms with E-state index in [4.69, 9.17) is 0 Å². The second-order valence-corrected chi connectivity index (χ2v) is 5.13. The fourth-order valence-corrected chi connectivity index (χ4v) is 2.69. The lowest BCUT2D eigenvalue weighted by Crippen LogP contribution is -2.37. The molecule has 0 aliphatic carbocycles. The summed E-state index contributed by atoms with van der Waals surface area (Å²) in [6, 6.07) is 14.3. The molecule has 1 aromatic heterocycles. The number of nitrogens with zero attached hydrogens (tertiary/aromatic N) is 3. The number of hydrogen-bond donors (Lipinski definition) is 0. The highest BCUT2D eigenvalue weighted by Gasteiger charge is 2.41. The van der Waals surface area contributed by atoms with Gasteiger partial charge in [0.2, 0.25) is 0 Å². The summed E-state index contributed by atoms with van der Waals surface area (Å²) in [6.07, 6.45) is 1.67. The van der Waals surface area contributed by atoms with Gasteiger partial charge < -0.3 is 4.90 Å². The van der Waals surface area contributed by atoms with Crippen molar-refractivity contribution in [3.63, 3.8) is 0 Å². The molecule has 1 atom stereocenters. The van der Waals surface area contributed by atoms with Crippen molar-refractivity contribution in [2.45, 2.75) is 13.0 Å². The topological polar surface area (TPSA) is 53.5 Å². The van der Waals surface area contributed by atoms with Gasteiger partial charge in [-0.25, -0.2) is 9.69 Å². The lowest BCUT2D eigenvalue weighted by Gasteiger charge is -2.26. The molecule has 2 heterocycles. The van der Waals surface area contributed by atoms with Crippen LogP contribution in [0.5, 0.6) is 0 Å². The van der Waals surface area contributed by atoms with E-state index in [0.29, 0.717) is 12.2 Å². The van der Waals surface area contributed by atoms with Crippen LogP contribution in [0.4, 0.5) is 4.79 Å². The minimum atomic E-state index is -0.487. The van der Waals surface area contributed by atoms with Crippen LogP contribution in [0.25, 0.3) is 0 Å². The number of rotatable bonds is 4. The summed E-state index contributed by atoms with van der Waals surface area (Å²) in [5.41, 5.74) is 1.56. The van der Waals surface area contributed by atoms with Gasteiger partial charge in [-0.3, -0.25) is 9.78 Å². The number of aromatic nitrogens is 1. The van der Waals surface area contributed by atoms with Gasteiger partial charge in [-0.1, -0.05) is 36.4 Å². The molecule has 0 spiro atoms. The Kier molecular flexibility index (Phi) is 3.87. The third kappa shape index (κ3) is 2.45. The van der Waals surface area contributed by atoms with Gasteiger partial charge in [0.05, 0.1) is 5.69 Å². The summed E-state index contributed by atoms with van der Waals surface area (Å²) in [5.74, 6) is -0.189. The van der Waals surface area contributed by atoms with E-state index in [1.165, 1.54) is 4.90 Å². The van der Waals surface area contributed by atoms with Crippen molar-refractivity contribution in [2.24, 2.45) is 0 Å². The number of carbonyl (C=O) groups excluding carboxylic acids is 2. The van der Waals surface area contributed by atoms with Crippen molar-refractivity contribution in [1.29, 1.82) is 0 Å². The molecule has 3 amide bonds. The van der Waals surface area contributed by atoms with E-state index >= 15 is 0 Å². The van der Waals surface area contributed by atoms with Crippen LogP contribution < -0.4 is 0 Å². The van der Waals surface area contributed by atoms with Crippen LogP contribution in [0.2, 0.25) is 0 Å². The predicted molar refractivity (Wildman–Crippen MR) is 82.0 cm³/mol. The molecule has 0 saturated carbocycles. The highest BCUT2D eigenvalue weighted by Crippen LogP contribution is 2.30. The van der Waals surface area contributed by atoms with Gasteiger partial charge in [0, 0.05) is 12.7 Å². The zero-order valence-corrected chi connectivity index (χ0v) is 12.3. The van der Waals surface area contributed by atoms with Crippen LogP contribution in [0.1, 0.15) is 24.2 Å². The summed E-state index contributed by atoms with van der Waals surface area (Å²) >= 11 is 0. The van der Waals surface area contributed by atoms with Gasteiger partial charge in [0.1, 0.15) is 12.6 Å². The molecule has 22 heavy (non-hydrogen) atoms. The van der Waals surface area contributed by atoms with Crippen molar-refractivity contribution in [3.8, 4) is 0 Å². The van der Waals surface area contributed by atoms with E-state index in [0.717, 1.165) is 5.56 Å². The van der Waals surface area contributed by atoms with Crippen molar-refractivity contribution in [3.05, 3.63) is 66.0 Å². The third-order valence-electron chi connectivity index (χ3n) is 3.79. The molecule has 0 N–H and O–H groups in total. The summed E-state index contributed by atoms with van der Waals surface area (Å²) in [4.78, 5) is 32.1. The Bertz CT molecular complexity index is 633. The summed E-state index contributed by atoms with van der Waals surface area (Å²) in [6.45, 7) is 2.52. The van der Waals surface area contributed by atoms with Gasteiger partial charge in [-0.15, -0.1) is 0 Å². The molecular weight excluding hydrogens is 278 g/mol. The number of pyridine rings is 1. The lowest BCUT2D eigenvalue weighted by atomic mass is 10.0. The Morgan fingerprint density at radius 3 is 2.41 bits per heavy atom. The molecule has 1 aliphatic rings. The van der Waals surface area contributed by atoms with Crippen LogP contribution in [0, 0.1) is 0 Å². The Hall–Kier alpha value is -2.69. The number of hydrogen-bond acceptors (Lipinski definition) is 3. The van der Waals surface area contributed by atoms with E-state index in [9.17, 15) is 9.59 Å². The second kappa shape index (κ2) is 5.97. The Balaban J connectivity index is 2.07. The van der Waals surface area contributed by atoms with Crippen molar-refractivity contribution in [2.75, 3.05) is 13.1 Å². The molecule has 1 fully saturated rings. The van der Waals surface area contributed by atoms with Crippen LogP contribution >= 0.6 is 0 Å². The van der Waals surface area contributed by atoms with E-state index in [2.05, 4.69) is 4.98 Å². The molecule has 0 radical (unpaired) electrons. The zero-order chi connectivity index (χ0) is 15.5. The Morgan fingerprint density at radius 2 is 1.82 bits per heavy atom. The smallest absolute Gasteiger partial charge is 0.315 e. The minimum absolute atomic E-state index is 0.130. The number of imide groups is 1. The van der Waals surface area contributed by atoms with Gasteiger partial charge in [0.25, 0.3) is 5.91 Å². The number of urea groups is 1. The maximum absolute atomic E-state index is 12.5. The van der Waals surface area contributed by atoms with Gasteiger partial charge in [0.15, 0.2) is 0 Å². The highest BCUT2D eigenvalue weighted by atomic mass is 16.2. The normalized spacial score (nSPS) is 16.2. The maximum Gasteiger partial charge on any atom is 0.328 e. The summed E-state index contributed by atoms with van der Waals surface area (Å²) in [5, 5.41) is 0. The number of likely N-dealkylation sites (N-methyl/N-ethyl adjacent to an activating group) is 1. The van der Waals surface area contributed by atoms with Crippen molar-refractivity contribution < 1.29 is 9.59 Å². The molecule has 1 aromatic carbocycles. The maximum atomic E-state index is 12.5. The summed E-state index contributed by atoms with van der Waals surface area (Å²) < 4.78 is 0. The van der Waals surface area contributed by atoms with Gasteiger partial charge in [-0.05, 0) is 24.6 Å². The first kappa shape index (κ1) is 14.3. The summed E-state index contributed by atoms with van der Waals surface area (Å²) in [7, 11) is 0. The standard InChI is InChI=1S/C17H17N3O2/c1-2-19-12-15(21)20(17(19)22)16(13-8-4-3-5-9-13)14-10-6-7-11-18-14/h3-11,16H,2,12H2,1H3/t16-/m0/s1. The van der Waals surface area contributed by atoms with Crippen molar-refractivity contribution >= 4 is 11.9 Å². The zero-order valence-electron chi connectivity index (χ0n) is 12.3. The average Bonchev–Trinajstić information content (AvgIpc) is 2.85. The average molecular weight is 295 g/mol. The first-order valence-electron chi connectivity index (χ1n) is 7.29. The molecule has 3 rings (SSSR count). The number of benzene rings is 1. The Labute approximate surface area is 129 Å². The van der Waals surface area contributed by atoms with Crippen LogP contribution in [-0.2, 0) is 4.79 Å². The fourth-order valence-electron chi connectivity index (χ4n) is 2.69. The van der Waals surface area contributed by atoms with Gasteiger partial charge >= 0.3 is 6.03 Å². The molecule has 5 nitrogen and oxygen atoms in total. The molecule has 1 saturated heterocycles. The van der Waals surface area contributed by atoms with Gasteiger partial charge in [-0.2, -0.15) is 0 Å². The molecule has 112 valence electrons. The molecule has 2 aromatic rings. The van der Waals surface area contributed by atoms with E-state index in [1.807, 2.05) is 55.5 Å². The van der Waals surface area contributed by atoms with Crippen LogP contribution in [0.3, 0.4) is 0 Å². The van der Waals surface area contributed by atoms with E-state index < -0.39 is 6.04 Å². The van der Waals surface area contributed by atoms with Crippen molar-refractivity contribution in [1.82, 2.24) is 14.8 Å². The SMILES string of the molecule is CCN1CC(=O)N([C@@H](c2ccccc2)c2ccccn2)C1=O. The number of carbonyl (C=O) groups is 2. The van der Waals surface area contributed by atoms with Crippen LogP contribution in [-0.4, -0.2) is 39.8 Å². The first-order valence-corrected chi connectivity index (χ1v) is 7.29. The lowest BCUT2D eigenvalue weighted by molar-refractivity contribution is -0.126. The monoisotopic (exact) mass is 295 g/mol. The van der Waals surface area contributed by atoms with Crippen LogP contribution in [0.15, 0.2) is 54.7 Å². The molecular formula is C17H17N3O2. The fraction of sp³-hybridized carbons (Fsp3) is 0.235. The molecule has 1 aliphatic heterocycles. The quantitative estimate of drug-likeness (QED) is 0.814. The highest BCUT2D eigenvalue weighted by molar-refractivity contribution is 6.02. The minimum Gasteiger partial charge on any atom is -0.315 e. The first-order chi connectivity index (χ1) is 10.7. The molecule has 5 heteroatoms. The predicted octanol–water partition coefficient (Wildman–Crippen LogP) is 2.46. The third-order valence-corrected chi connectivity index (χ3v) is 3.79. The molecule has 0 bridgehead atoms.